The lowest BCUT2D eigenvalue weighted by atomic mass is 10.1. The summed E-state index contributed by atoms with van der Waals surface area (Å²) in [6, 6.07) is 29.3. The zero-order valence-electron chi connectivity index (χ0n) is 16.8. The predicted molar refractivity (Wildman–Crippen MR) is 124 cm³/mol. The largest absolute Gasteiger partial charge is 0.291 e. The number of hydrogen-bond donors (Lipinski definition) is 1. The average molecular weight is 404 g/mol. The lowest BCUT2D eigenvalue weighted by Gasteiger charge is -2.00. The molecule has 0 radical (unpaired) electrons. The smallest absolute Gasteiger partial charge is 0.279 e. The molecule has 3 aromatic carbocycles. The second-order valence-corrected chi connectivity index (χ2v) is 7.20. The first kappa shape index (κ1) is 18.6. The molecule has 2 heterocycles. The fourth-order valence-electron chi connectivity index (χ4n) is 3.58. The molecule has 0 atom stereocenters. The third-order valence-corrected chi connectivity index (χ3v) is 5.13. The second kappa shape index (κ2) is 7.80. The van der Waals surface area contributed by atoms with Gasteiger partial charge in [0, 0.05) is 17.3 Å². The van der Waals surface area contributed by atoms with Crippen LogP contribution in [0.5, 0.6) is 0 Å². The molecule has 5 nitrogen and oxygen atoms in total. The molecule has 0 fully saturated rings. The van der Waals surface area contributed by atoms with Crippen molar-refractivity contribution in [2.75, 3.05) is 0 Å². The molecular formula is C26H20N4O. The lowest BCUT2D eigenvalue weighted by Crippen LogP contribution is -2.33. The Morgan fingerprint density at radius 1 is 0.806 bits per heavy atom. The number of para-hydroxylation sites is 2. The normalized spacial score (nSPS) is 11.7. The Balaban J connectivity index is 1.72. The van der Waals surface area contributed by atoms with Gasteiger partial charge in [-0.1, -0.05) is 73.3 Å². The Bertz CT molecular complexity index is 1490. The van der Waals surface area contributed by atoms with E-state index in [4.69, 9.17) is 5.10 Å². The van der Waals surface area contributed by atoms with E-state index in [9.17, 15) is 4.79 Å². The van der Waals surface area contributed by atoms with Crippen LogP contribution in [0.4, 0.5) is 0 Å². The highest BCUT2D eigenvalue weighted by atomic mass is 16.1. The van der Waals surface area contributed by atoms with E-state index in [-0.39, 0.29) is 5.56 Å². The van der Waals surface area contributed by atoms with E-state index >= 15 is 0 Å². The first-order valence-electron chi connectivity index (χ1n) is 9.98. The van der Waals surface area contributed by atoms with Crippen molar-refractivity contribution in [3.05, 3.63) is 124 Å². The van der Waals surface area contributed by atoms with E-state index in [0.717, 1.165) is 28.2 Å². The van der Waals surface area contributed by atoms with E-state index in [1.165, 1.54) is 4.68 Å². The van der Waals surface area contributed by atoms with Gasteiger partial charge in [-0.05, 0) is 30.3 Å². The van der Waals surface area contributed by atoms with E-state index in [1.54, 1.807) is 0 Å². The van der Waals surface area contributed by atoms with Crippen molar-refractivity contribution in [3.8, 4) is 22.6 Å². The summed E-state index contributed by atoms with van der Waals surface area (Å²) >= 11 is 0. The minimum Gasteiger partial charge on any atom is -0.291 e. The van der Waals surface area contributed by atoms with Crippen molar-refractivity contribution >= 4 is 12.7 Å². The predicted octanol–water partition coefficient (Wildman–Crippen LogP) is 3.26. The van der Waals surface area contributed by atoms with Gasteiger partial charge >= 0.3 is 0 Å². The molecule has 5 aromatic rings. The summed E-state index contributed by atoms with van der Waals surface area (Å²) in [5.41, 5.74) is 4.19. The first-order valence-corrected chi connectivity index (χ1v) is 9.98. The van der Waals surface area contributed by atoms with Crippen molar-refractivity contribution < 1.29 is 0 Å². The van der Waals surface area contributed by atoms with Gasteiger partial charge in [0.2, 0.25) is 0 Å². The van der Waals surface area contributed by atoms with Gasteiger partial charge in [0.05, 0.1) is 27.6 Å². The molecule has 0 aliphatic carbocycles. The second-order valence-electron chi connectivity index (χ2n) is 7.20. The van der Waals surface area contributed by atoms with Crippen molar-refractivity contribution in [3.63, 3.8) is 0 Å². The fraction of sp³-hybridized carbons (Fsp3) is 0. The number of nitrogens with zero attached hydrogens (tertiary/aromatic N) is 3. The zero-order chi connectivity index (χ0) is 21.2. The molecule has 0 aliphatic heterocycles. The third-order valence-electron chi connectivity index (χ3n) is 5.13. The highest BCUT2D eigenvalue weighted by Gasteiger charge is 2.12. The van der Waals surface area contributed by atoms with Gasteiger partial charge in [-0.25, -0.2) is 9.36 Å². The number of aromatic amines is 1. The standard InChI is InChI=1S/C26H20N4O/c1-19-24(26(31)30(27-19)23-15-9-4-10-16-23)17-21-18-29(22-13-7-3-8-14-22)28-25(21)20-11-5-2-6-12-20/h2-18,27H,1H2/b24-17+. The van der Waals surface area contributed by atoms with Gasteiger partial charge in [0.1, 0.15) is 0 Å². The van der Waals surface area contributed by atoms with Crippen molar-refractivity contribution in [1.29, 1.82) is 0 Å². The Labute approximate surface area is 178 Å². The van der Waals surface area contributed by atoms with Gasteiger partial charge in [-0.2, -0.15) is 5.10 Å². The van der Waals surface area contributed by atoms with E-state index in [2.05, 4.69) is 11.7 Å². The molecule has 31 heavy (non-hydrogen) atoms. The average Bonchev–Trinajstić information content (AvgIpc) is 3.37. The summed E-state index contributed by atoms with van der Waals surface area (Å²) in [6.45, 7) is 4.06. The SMILES string of the molecule is C=c1[nH]n(-c2ccccc2)c(=O)/c1=C/c1cn(-c2ccccc2)nc1-c1ccccc1. The minimum atomic E-state index is -0.150. The molecule has 0 saturated carbocycles. The molecule has 0 bridgehead atoms. The summed E-state index contributed by atoms with van der Waals surface area (Å²) in [7, 11) is 0. The van der Waals surface area contributed by atoms with Gasteiger partial charge < -0.3 is 0 Å². The first-order chi connectivity index (χ1) is 15.2. The maximum absolute atomic E-state index is 13.2. The quantitative estimate of drug-likeness (QED) is 0.500. The summed E-state index contributed by atoms with van der Waals surface area (Å²) in [5, 5.41) is 8.96. The van der Waals surface area contributed by atoms with Crippen LogP contribution >= 0.6 is 0 Å². The third kappa shape index (κ3) is 3.53. The van der Waals surface area contributed by atoms with Crippen molar-refractivity contribution in [2.45, 2.75) is 0 Å². The topological polar surface area (TPSA) is 55.6 Å². The van der Waals surface area contributed by atoms with Crippen LogP contribution in [0.1, 0.15) is 5.56 Å². The number of aromatic nitrogens is 4. The van der Waals surface area contributed by atoms with Gasteiger partial charge in [0.15, 0.2) is 0 Å². The Morgan fingerprint density at radius 2 is 1.39 bits per heavy atom. The Morgan fingerprint density at radius 3 is 2.03 bits per heavy atom. The molecule has 1 N–H and O–H groups in total. The molecule has 2 aromatic heterocycles. The van der Waals surface area contributed by atoms with Crippen molar-refractivity contribution in [1.82, 2.24) is 19.6 Å². The summed E-state index contributed by atoms with van der Waals surface area (Å²) < 4.78 is 3.34. The van der Waals surface area contributed by atoms with Crippen LogP contribution in [-0.2, 0) is 0 Å². The number of benzene rings is 3. The van der Waals surface area contributed by atoms with Gasteiger partial charge in [0.25, 0.3) is 5.56 Å². The molecule has 5 rings (SSSR count). The lowest BCUT2D eigenvalue weighted by molar-refractivity contribution is 0.838. The van der Waals surface area contributed by atoms with E-state index in [0.29, 0.717) is 10.6 Å². The van der Waals surface area contributed by atoms with Crippen LogP contribution in [0.15, 0.2) is 102 Å². The molecule has 0 unspecified atom stereocenters. The molecule has 0 spiro atoms. The highest BCUT2D eigenvalue weighted by Crippen LogP contribution is 2.24. The van der Waals surface area contributed by atoms with Gasteiger partial charge in [-0.15, -0.1) is 0 Å². The number of rotatable bonds is 4. The van der Waals surface area contributed by atoms with Gasteiger partial charge in [-0.3, -0.25) is 9.89 Å². The minimum absolute atomic E-state index is 0.150. The molecule has 0 saturated heterocycles. The highest BCUT2D eigenvalue weighted by molar-refractivity contribution is 5.71. The van der Waals surface area contributed by atoms with E-state index in [1.807, 2.05) is 108 Å². The Kier molecular flexibility index (Phi) is 4.69. The van der Waals surface area contributed by atoms with Crippen LogP contribution in [0.25, 0.3) is 35.3 Å². The number of H-pyrrole nitrogens is 1. The van der Waals surface area contributed by atoms with Crippen LogP contribution in [-0.4, -0.2) is 19.6 Å². The summed E-state index contributed by atoms with van der Waals surface area (Å²) in [6.07, 6.45) is 3.80. The molecule has 0 aliphatic rings. The summed E-state index contributed by atoms with van der Waals surface area (Å²) in [5.74, 6) is 0. The monoisotopic (exact) mass is 404 g/mol. The molecular weight excluding hydrogens is 384 g/mol. The zero-order valence-corrected chi connectivity index (χ0v) is 16.8. The van der Waals surface area contributed by atoms with Crippen LogP contribution < -0.4 is 16.1 Å². The van der Waals surface area contributed by atoms with Crippen LogP contribution in [0, 0.1) is 0 Å². The Hall–Kier alpha value is -4.38. The molecule has 150 valence electrons. The maximum Gasteiger partial charge on any atom is 0.279 e. The summed E-state index contributed by atoms with van der Waals surface area (Å²) in [4.78, 5) is 13.2. The van der Waals surface area contributed by atoms with Crippen LogP contribution in [0.2, 0.25) is 0 Å². The van der Waals surface area contributed by atoms with Crippen LogP contribution in [0.3, 0.4) is 0 Å². The fourth-order valence-corrected chi connectivity index (χ4v) is 3.58. The van der Waals surface area contributed by atoms with Crippen molar-refractivity contribution in [2.24, 2.45) is 0 Å². The number of nitrogens with one attached hydrogen (secondary N) is 1. The number of hydrogen-bond acceptors (Lipinski definition) is 2. The van der Waals surface area contributed by atoms with E-state index < -0.39 is 0 Å². The maximum atomic E-state index is 13.2. The molecule has 0 amide bonds. The molecule has 5 heteroatoms.